The number of rotatable bonds is 4. The highest BCUT2D eigenvalue weighted by Gasteiger charge is 2.05. The summed E-state index contributed by atoms with van der Waals surface area (Å²) in [6, 6.07) is 17.5. The molecule has 0 atom stereocenters. The highest BCUT2D eigenvalue weighted by atomic mass is 32.1. The van der Waals surface area contributed by atoms with Crippen LogP contribution in [0.1, 0.15) is 11.1 Å². The molecule has 0 spiro atoms. The summed E-state index contributed by atoms with van der Waals surface area (Å²) in [4.78, 5) is 0.355. The van der Waals surface area contributed by atoms with Crippen LogP contribution >= 0.6 is 12.2 Å². The molecule has 0 fully saturated rings. The van der Waals surface area contributed by atoms with Gasteiger partial charge in [0.25, 0.3) is 0 Å². The molecule has 2 N–H and O–H groups in total. The van der Waals surface area contributed by atoms with Crippen molar-refractivity contribution < 1.29 is 4.74 Å². The van der Waals surface area contributed by atoms with E-state index in [1.807, 2.05) is 54.6 Å². The Morgan fingerprint density at radius 1 is 1.00 bits per heavy atom. The van der Waals surface area contributed by atoms with Crippen LogP contribution in [0.5, 0.6) is 5.75 Å². The second kappa shape index (κ2) is 5.46. The number of thiocarbonyl (C=S) groups is 1. The van der Waals surface area contributed by atoms with Gasteiger partial charge in [-0.3, -0.25) is 0 Å². The summed E-state index contributed by atoms with van der Waals surface area (Å²) in [6.45, 7) is 0.514. The minimum atomic E-state index is 0.355. The molecule has 0 bridgehead atoms. The second-order valence-corrected chi connectivity index (χ2v) is 4.07. The van der Waals surface area contributed by atoms with Crippen LogP contribution in [0.25, 0.3) is 0 Å². The first-order valence-corrected chi connectivity index (χ1v) is 5.74. The maximum atomic E-state index is 5.72. The standard InChI is InChI=1S/C14H13NOS/c15-14(17)12-8-4-5-9-13(12)16-10-11-6-2-1-3-7-11/h1-9H,10H2,(H2,15,17). The predicted molar refractivity (Wildman–Crippen MR) is 73.1 cm³/mol. The molecule has 2 rings (SSSR count). The van der Waals surface area contributed by atoms with Gasteiger partial charge in [0, 0.05) is 0 Å². The van der Waals surface area contributed by atoms with Gasteiger partial charge in [-0.2, -0.15) is 0 Å². The summed E-state index contributed by atoms with van der Waals surface area (Å²) in [7, 11) is 0. The lowest BCUT2D eigenvalue weighted by Gasteiger charge is -2.10. The van der Waals surface area contributed by atoms with Crippen molar-refractivity contribution >= 4 is 17.2 Å². The van der Waals surface area contributed by atoms with Crippen molar-refractivity contribution in [1.29, 1.82) is 0 Å². The zero-order chi connectivity index (χ0) is 12.1. The van der Waals surface area contributed by atoms with Crippen molar-refractivity contribution in [3.8, 4) is 5.75 Å². The highest BCUT2D eigenvalue weighted by molar-refractivity contribution is 7.80. The van der Waals surface area contributed by atoms with Crippen LogP contribution < -0.4 is 10.5 Å². The SMILES string of the molecule is NC(=S)c1ccccc1OCc1ccccc1. The Kier molecular flexibility index (Phi) is 3.73. The maximum absolute atomic E-state index is 5.72. The zero-order valence-electron chi connectivity index (χ0n) is 9.30. The number of hydrogen-bond acceptors (Lipinski definition) is 2. The maximum Gasteiger partial charge on any atom is 0.129 e. The van der Waals surface area contributed by atoms with Crippen molar-refractivity contribution in [2.45, 2.75) is 6.61 Å². The lowest BCUT2D eigenvalue weighted by molar-refractivity contribution is 0.305. The van der Waals surface area contributed by atoms with Crippen molar-refractivity contribution in [2.24, 2.45) is 5.73 Å². The predicted octanol–water partition coefficient (Wildman–Crippen LogP) is 2.90. The number of ether oxygens (including phenoxy) is 1. The fourth-order valence-electron chi connectivity index (χ4n) is 1.53. The quantitative estimate of drug-likeness (QED) is 0.839. The third kappa shape index (κ3) is 3.04. The van der Waals surface area contributed by atoms with Gasteiger partial charge in [0.05, 0.1) is 5.56 Å². The molecule has 0 radical (unpaired) electrons. The average molecular weight is 243 g/mol. The van der Waals surface area contributed by atoms with E-state index in [0.29, 0.717) is 11.6 Å². The van der Waals surface area contributed by atoms with Crippen LogP contribution in [0.2, 0.25) is 0 Å². The van der Waals surface area contributed by atoms with Crippen LogP contribution in [0.3, 0.4) is 0 Å². The number of nitrogens with two attached hydrogens (primary N) is 1. The molecule has 0 saturated carbocycles. The van der Waals surface area contributed by atoms with E-state index in [1.54, 1.807) is 0 Å². The summed E-state index contributed by atoms with van der Waals surface area (Å²) in [6.07, 6.45) is 0. The van der Waals surface area contributed by atoms with Crippen LogP contribution in [-0.4, -0.2) is 4.99 Å². The normalized spacial score (nSPS) is 9.88. The molecule has 0 aliphatic rings. The molecule has 0 amide bonds. The lowest BCUT2D eigenvalue weighted by Crippen LogP contribution is -2.11. The van der Waals surface area contributed by atoms with E-state index < -0.39 is 0 Å². The van der Waals surface area contributed by atoms with Gasteiger partial charge in [-0.15, -0.1) is 0 Å². The van der Waals surface area contributed by atoms with Crippen molar-refractivity contribution in [3.05, 3.63) is 65.7 Å². The van der Waals surface area contributed by atoms with Crippen LogP contribution in [0, 0.1) is 0 Å². The molecule has 86 valence electrons. The first-order valence-electron chi connectivity index (χ1n) is 5.33. The van der Waals surface area contributed by atoms with Crippen LogP contribution in [0.4, 0.5) is 0 Å². The molecule has 0 heterocycles. The topological polar surface area (TPSA) is 35.2 Å². The first kappa shape index (κ1) is 11.6. The fraction of sp³-hybridized carbons (Fsp3) is 0.0714. The largest absolute Gasteiger partial charge is 0.488 e. The summed E-state index contributed by atoms with van der Waals surface area (Å²) in [5.74, 6) is 0.726. The van der Waals surface area contributed by atoms with Crippen molar-refractivity contribution in [1.82, 2.24) is 0 Å². The van der Waals surface area contributed by atoms with Crippen LogP contribution in [-0.2, 0) is 6.61 Å². The van der Waals surface area contributed by atoms with E-state index in [2.05, 4.69) is 0 Å². The van der Waals surface area contributed by atoms with E-state index in [9.17, 15) is 0 Å². The third-order valence-electron chi connectivity index (χ3n) is 2.39. The van der Waals surface area contributed by atoms with Crippen molar-refractivity contribution in [3.63, 3.8) is 0 Å². The van der Waals surface area contributed by atoms with Gasteiger partial charge in [0.1, 0.15) is 17.3 Å². The molecule has 0 unspecified atom stereocenters. The zero-order valence-corrected chi connectivity index (χ0v) is 10.1. The average Bonchev–Trinajstić information content (AvgIpc) is 2.38. The van der Waals surface area contributed by atoms with Crippen molar-refractivity contribution in [2.75, 3.05) is 0 Å². The molecular formula is C14H13NOS. The Balaban J connectivity index is 2.12. The summed E-state index contributed by atoms with van der Waals surface area (Å²) in [5, 5.41) is 0. The molecule has 0 aromatic heterocycles. The first-order chi connectivity index (χ1) is 8.27. The highest BCUT2D eigenvalue weighted by Crippen LogP contribution is 2.19. The molecule has 0 aliphatic heterocycles. The molecule has 0 saturated heterocycles. The second-order valence-electron chi connectivity index (χ2n) is 3.63. The Morgan fingerprint density at radius 2 is 1.65 bits per heavy atom. The summed E-state index contributed by atoms with van der Waals surface area (Å²) < 4.78 is 5.72. The molecular weight excluding hydrogens is 230 g/mol. The van der Waals surface area contributed by atoms with Gasteiger partial charge in [0.2, 0.25) is 0 Å². The molecule has 17 heavy (non-hydrogen) atoms. The van der Waals surface area contributed by atoms with Gasteiger partial charge < -0.3 is 10.5 Å². The van der Waals surface area contributed by atoms with E-state index in [0.717, 1.165) is 16.9 Å². The number of para-hydroxylation sites is 1. The van der Waals surface area contributed by atoms with Gasteiger partial charge in [-0.25, -0.2) is 0 Å². The monoisotopic (exact) mass is 243 g/mol. The van der Waals surface area contributed by atoms with E-state index in [4.69, 9.17) is 22.7 Å². The Morgan fingerprint density at radius 3 is 2.35 bits per heavy atom. The Bertz CT molecular complexity index is 511. The molecule has 2 aromatic rings. The number of hydrogen-bond donors (Lipinski definition) is 1. The van der Waals surface area contributed by atoms with Gasteiger partial charge in [0.15, 0.2) is 0 Å². The smallest absolute Gasteiger partial charge is 0.129 e. The number of benzene rings is 2. The molecule has 0 aliphatic carbocycles. The third-order valence-corrected chi connectivity index (χ3v) is 2.61. The molecule has 3 heteroatoms. The van der Waals surface area contributed by atoms with E-state index >= 15 is 0 Å². The Hall–Kier alpha value is -1.87. The van der Waals surface area contributed by atoms with Gasteiger partial charge in [-0.1, -0.05) is 54.7 Å². The Labute approximate surface area is 106 Å². The molecule has 2 nitrogen and oxygen atoms in total. The summed E-state index contributed by atoms with van der Waals surface area (Å²) in [5.41, 5.74) is 7.53. The van der Waals surface area contributed by atoms with Gasteiger partial charge >= 0.3 is 0 Å². The van der Waals surface area contributed by atoms with Gasteiger partial charge in [-0.05, 0) is 17.7 Å². The van der Waals surface area contributed by atoms with E-state index in [-0.39, 0.29) is 0 Å². The van der Waals surface area contributed by atoms with E-state index in [1.165, 1.54) is 0 Å². The molecule has 2 aromatic carbocycles. The minimum absolute atomic E-state index is 0.355. The summed E-state index contributed by atoms with van der Waals surface area (Å²) >= 11 is 4.98. The lowest BCUT2D eigenvalue weighted by atomic mass is 10.2. The fourth-order valence-corrected chi connectivity index (χ4v) is 1.70. The minimum Gasteiger partial charge on any atom is -0.488 e. The van der Waals surface area contributed by atoms with Crippen LogP contribution in [0.15, 0.2) is 54.6 Å².